The number of carbonyl (C=O) groups is 2. The lowest BCUT2D eigenvalue weighted by Gasteiger charge is -2.14. The van der Waals surface area contributed by atoms with E-state index in [9.17, 15) is 23.5 Å². The molecule has 1 unspecified atom stereocenters. The van der Waals surface area contributed by atoms with E-state index in [-0.39, 0.29) is 23.6 Å². The van der Waals surface area contributed by atoms with E-state index in [2.05, 4.69) is 10.1 Å². The highest BCUT2D eigenvalue weighted by Gasteiger charge is 2.23. The number of halogens is 2. The molecule has 140 valence electrons. The SMILES string of the molecule is Cc1cccc(CC(CNC(=O)c2sc(C)cc2OC(F)F)C(=O)O)c1. The van der Waals surface area contributed by atoms with Crippen LogP contribution >= 0.6 is 11.3 Å². The quantitative estimate of drug-likeness (QED) is 0.730. The van der Waals surface area contributed by atoms with Crippen molar-refractivity contribution in [3.05, 3.63) is 51.2 Å². The Kier molecular flexibility index (Phi) is 6.68. The van der Waals surface area contributed by atoms with Crippen LogP contribution < -0.4 is 10.1 Å². The van der Waals surface area contributed by atoms with Crippen molar-refractivity contribution in [1.82, 2.24) is 5.32 Å². The van der Waals surface area contributed by atoms with E-state index < -0.39 is 24.4 Å². The summed E-state index contributed by atoms with van der Waals surface area (Å²) < 4.78 is 29.2. The van der Waals surface area contributed by atoms with Crippen molar-refractivity contribution in [2.45, 2.75) is 26.9 Å². The minimum absolute atomic E-state index is 0.00231. The topological polar surface area (TPSA) is 75.6 Å². The predicted octanol–water partition coefficient (Wildman–Crippen LogP) is 3.64. The number of rotatable bonds is 8. The van der Waals surface area contributed by atoms with Crippen LogP contribution in [0, 0.1) is 19.8 Å². The molecule has 1 atom stereocenters. The van der Waals surface area contributed by atoms with Gasteiger partial charge >= 0.3 is 12.6 Å². The van der Waals surface area contributed by atoms with Crippen LogP contribution in [0.5, 0.6) is 5.75 Å². The number of aliphatic carboxylic acids is 1. The summed E-state index contributed by atoms with van der Waals surface area (Å²) in [7, 11) is 0. The van der Waals surface area contributed by atoms with Crippen LogP contribution in [0.1, 0.15) is 25.7 Å². The zero-order valence-electron chi connectivity index (χ0n) is 14.3. The maximum atomic E-state index is 12.4. The molecule has 2 N–H and O–H groups in total. The van der Waals surface area contributed by atoms with Crippen LogP contribution in [0.3, 0.4) is 0 Å². The number of hydrogen-bond acceptors (Lipinski definition) is 4. The number of alkyl halides is 2. The maximum absolute atomic E-state index is 12.4. The highest BCUT2D eigenvalue weighted by molar-refractivity contribution is 7.14. The smallest absolute Gasteiger partial charge is 0.387 e. The van der Waals surface area contributed by atoms with E-state index in [1.807, 2.05) is 31.2 Å². The Morgan fingerprint density at radius 2 is 2.00 bits per heavy atom. The van der Waals surface area contributed by atoms with Crippen LogP contribution in [0.4, 0.5) is 8.78 Å². The van der Waals surface area contributed by atoms with Gasteiger partial charge in [0, 0.05) is 11.4 Å². The van der Waals surface area contributed by atoms with Crippen LogP contribution in [0.25, 0.3) is 0 Å². The summed E-state index contributed by atoms with van der Waals surface area (Å²) in [6.07, 6.45) is 0.251. The van der Waals surface area contributed by atoms with Gasteiger partial charge in [0.1, 0.15) is 10.6 Å². The van der Waals surface area contributed by atoms with Crippen molar-refractivity contribution in [3.8, 4) is 5.75 Å². The molecule has 1 aromatic heterocycles. The molecule has 0 spiro atoms. The molecule has 0 saturated heterocycles. The summed E-state index contributed by atoms with van der Waals surface area (Å²) in [5.74, 6) is -2.71. The van der Waals surface area contributed by atoms with Gasteiger partial charge in [-0.2, -0.15) is 8.78 Å². The van der Waals surface area contributed by atoms with Gasteiger partial charge in [0.05, 0.1) is 5.92 Å². The van der Waals surface area contributed by atoms with E-state index >= 15 is 0 Å². The van der Waals surface area contributed by atoms with Crippen molar-refractivity contribution in [2.75, 3.05) is 6.54 Å². The number of amides is 1. The second-order valence-corrected chi connectivity index (χ2v) is 7.12. The number of thiophene rings is 1. The van der Waals surface area contributed by atoms with Crippen molar-refractivity contribution in [3.63, 3.8) is 0 Å². The highest BCUT2D eigenvalue weighted by atomic mass is 32.1. The van der Waals surface area contributed by atoms with Crippen LogP contribution in [-0.4, -0.2) is 30.1 Å². The number of ether oxygens (including phenoxy) is 1. The van der Waals surface area contributed by atoms with Crippen LogP contribution in [0.15, 0.2) is 30.3 Å². The summed E-state index contributed by atoms with van der Waals surface area (Å²) >= 11 is 1.01. The maximum Gasteiger partial charge on any atom is 0.387 e. The largest absolute Gasteiger partial charge is 0.481 e. The fourth-order valence-corrected chi connectivity index (χ4v) is 3.36. The number of hydrogen-bond donors (Lipinski definition) is 2. The molecule has 8 heteroatoms. The van der Waals surface area contributed by atoms with Gasteiger partial charge in [-0.1, -0.05) is 29.8 Å². The fraction of sp³-hybridized carbons (Fsp3) is 0.333. The Hall–Kier alpha value is -2.48. The average Bonchev–Trinajstić information content (AvgIpc) is 2.90. The molecule has 1 amide bonds. The monoisotopic (exact) mass is 383 g/mol. The average molecular weight is 383 g/mol. The van der Waals surface area contributed by atoms with Gasteiger partial charge in [0.2, 0.25) is 0 Å². The molecular weight excluding hydrogens is 364 g/mol. The number of carboxylic acid groups (broad SMARTS) is 1. The predicted molar refractivity (Wildman–Crippen MR) is 94.0 cm³/mol. The number of aryl methyl sites for hydroxylation is 2. The third kappa shape index (κ3) is 5.52. The minimum atomic E-state index is -3.04. The second-order valence-electron chi connectivity index (χ2n) is 5.87. The molecule has 1 heterocycles. The Morgan fingerprint density at radius 1 is 1.27 bits per heavy atom. The Balaban J connectivity index is 2.05. The Labute approximate surface area is 153 Å². The van der Waals surface area contributed by atoms with Crippen molar-refractivity contribution in [1.29, 1.82) is 0 Å². The molecule has 5 nitrogen and oxygen atoms in total. The van der Waals surface area contributed by atoms with E-state index in [0.29, 0.717) is 4.88 Å². The summed E-state index contributed by atoms with van der Waals surface area (Å²) in [6, 6.07) is 8.80. The van der Waals surface area contributed by atoms with Gasteiger partial charge in [-0.3, -0.25) is 9.59 Å². The Morgan fingerprint density at radius 3 is 2.62 bits per heavy atom. The third-order valence-electron chi connectivity index (χ3n) is 3.67. The molecule has 0 aliphatic carbocycles. The van der Waals surface area contributed by atoms with Crippen molar-refractivity contribution >= 4 is 23.2 Å². The number of carbonyl (C=O) groups excluding carboxylic acids is 1. The zero-order chi connectivity index (χ0) is 19.3. The molecule has 0 radical (unpaired) electrons. The van der Waals surface area contributed by atoms with Gasteiger partial charge in [-0.15, -0.1) is 11.3 Å². The standard InChI is InChI=1S/C18H19F2NO4S/c1-10-4-3-5-12(6-10)8-13(17(23)24)9-21-16(22)15-14(25-18(19)20)7-11(2)26-15/h3-7,13,18H,8-9H2,1-2H3,(H,21,22)(H,23,24). The molecule has 0 saturated carbocycles. The summed E-state index contributed by atoms with van der Waals surface area (Å²) in [5.41, 5.74) is 1.86. The fourth-order valence-electron chi connectivity index (χ4n) is 2.50. The number of benzene rings is 1. The lowest BCUT2D eigenvalue weighted by Crippen LogP contribution is -2.34. The van der Waals surface area contributed by atoms with Crippen LogP contribution in [-0.2, 0) is 11.2 Å². The van der Waals surface area contributed by atoms with Crippen LogP contribution in [0.2, 0.25) is 0 Å². The van der Waals surface area contributed by atoms with Gasteiger partial charge in [-0.25, -0.2) is 0 Å². The van der Waals surface area contributed by atoms with E-state index in [1.165, 1.54) is 6.07 Å². The first-order chi connectivity index (χ1) is 12.3. The normalized spacial score (nSPS) is 12.0. The summed E-state index contributed by atoms with van der Waals surface area (Å²) in [4.78, 5) is 24.4. The Bertz CT molecular complexity index is 791. The molecule has 0 bridgehead atoms. The highest BCUT2D eigenvalue weighted by Crippen LogP contribution is 2.30. The number of nitrogens with one attached hydrogen (secondary N) is 1. The minimum Gasteiger partial charge on any atom is -0.481 e. The van der Waals surface area contributed by atoms with Gasteiger partial charge in [0.15, 0.2) is 0 Å². The first kappa shape index (κ1) is 19.8. The summed E-state index contributed by atoms with van der Waals surface area (Å²) in [6.45, 7) is 0.416. The molecule has 1 aromatic carbocycles. The molecule has 0 aliphatic heterocycles. The van der Waals surface area contributed by atoms with E-state index in [0.717, 1.165) is 22.5 Å². The summed E-state index contributed by atoms with van der Waals surface area (Å²) in [5, 5.41) is 11.9. The lowest BCUT2D eigenvalue weighted by atomic mass is 9.98. The first-order valence-electron chi connectivity index (χ1n) is 7.88. The lowest BCUT2D eigenvalue weighted by molar-refractivity contribution is -0.141. The molecular formula is C18H19F2NO4S. The molecule has 0 aliphatic rings. The van der Waals surface area contributed by atoms with Gasteiger partial charge in [-0.05, 0) is 31.9 Å². The number of carboxylic acids is 1. The van der Waals surface area contributed by atoms with Gasteiger partial charge in [0.25, 0.3) is 5.91 Å². The van der Waals surface area contributed by atoms with Gasteiger partial charge < -0.3 is 15.2 Å². The molecule has 2 rings (SSSR count). The molecule has 26 heavy (non-hydrogen) atoms. The second kappa shape index (κ2) is 8.75. The third-order valence-corrected chi connectivity index (χ3v) is 4.70. The molecule has 2 aromatic rings. The van der Waals surface area contributed by atoms with E-state index in [4.69, 9.17) is 0 Å². The zero-order valence-corrected chi connectivity index (χ0v) is 15.1. The van der Waals surface area contributed by atoms with E-state index in [1.54, 1.807) is 6.92 Å². The van der Waals surface area contributed by atoms with Crippen molar-refractivity contribution in [2.24, 2.45) is 5.92 Å². The molecule has 0 fully saturated rings. The van der Waals surface area contributed by atoms with Crippen molar-refractivity contribution < 1.29 is 28.2 Å². The first-order valence-corrected chi connectivity index (χ1v) is 8.69.